The second-order valence-electron chi connectivity index (χ2n) is 5.60. The summed E-state index contributed by atoms with van der Waals surface area (Å²) in [6.45, 7) is 1.15. The number of phenolic OH excluding ortho intramolecular Hbond substituents is 1. The Labute approximate surface area is 171 Å². The van der Waals surface area contributed by atoms with Crippen LogP contribution in [0.4, 0.5) is 0 Å². The zero-order valence-electron chi connectivity index (χ0n) is 15.5. The van der Waals surface area contributed by atoms with Crippen LogP contribution in [0.25, 0.3) is 0 Å². The number of ether oxygens (including phenoxy) is 2. The number of aliphatic imine (C=N–C) groups is 1. The van der Waals surface area contributed by atoms with Crippen molar-refractivity contribution >= 4 is 29.9 Å². The highest BCUT2D eigenvalue weighted by Crippen LogP contribution is 2.22. The molecular weight excluding hydrogens is 445 g/mol. The monoisotopic (exact) mass is 471 g/mol. The van der Waals surface area contributed by atoms with Crippen molar-refractivity contribution in [2.75, 3.05) is 28.3 Å². The van der Waals surface area contributed by atoms with Crippen LogP contribution in [0.1, 0.15) is 11.1 Å². The van der Waals surface area contributed by atoms with E-state index < -0.39 is 0 Å². The van der Waals surface area contributed by atoms with Crippen LogP contribution in [-0.2, 0) is 13.1 Å². The van der Waals surface area contributed by atoms with Gasteiger partial charge in [0.1, 0.15) is 17.2 Å². The zero-order valence-corrected chi connectivity index (χ0v) is 17.9. The highest BCUT2D eigenvalue weighted by Gasteiger charge is 2.09. The van der Waals surface area contributed by atoms with E-state index in [1.165, 1.54) is 0 Å². The average Bonchev–Trinajstić information content (AvgIpc) is 2.64. The fourth-order valence-electron chi connectivity index (χ4n) is 2.47. The third kappa shape index (κ3) is 5.98. The summed E-state index contributed by atoms with van der Waals surface area (Å²) < 4.78 is 10.4. The number of phenols is 1. The molecule has 0 amide bonds. The van der Waals surface area contributed by atoms with E-state index >= 15 is 0 Å². The highest BCUT2D eigenvalue weighted by molar-refractivity contribution is 14.0. The summed E-state index contributed by atoms with van der Waals surface area (Å²) in [6.07, 6.45) is 0. The van der Waals surface area contributed by atoms with Crippen molar-refractivity contribution in [1.29, 1.82) is 0 Å². The van der Waals surface area contributed by atoms with Crippen LogP contribution in [0.15, 0.2) is 47.5 Å². The van der Waals surface area contributed by atoms with Crippen molar-refractivity contribution in [2.24, 2.45) is 4.99 Å². The third-order valence-electron chi connectivity index (χ3n) is 3.88. The van der Waals surface area contributed by atoms with Crippen LogP contribution in [0.2, 0.25) is 0 Å². The van der Waals surface area contributed by atoms with Gasteiger partial charge >= 0.3 is 0 Å². The van der Waals surface area contributed by atoms with E-state index in [0.29, 0.717) is 18.8 Å². The summed E-state index contributed by atoms with van der Waals surface area (Å²) in [5, 5.41) is 13.2. The first-order valence-electron chi connectivity index (χ1n) is 7.98. The lowest BCUT2D eigenvalue weighted by atomic mass is 10.2. The minimum atomic E-state index is 0. The molecule has 7 heteroatoms. The van der Waals surface area contributed by atoms with Crippen LogP contribution in [0, 0.1) is 0 Å². The van der Waals surface area contributed by atoms with Gasteiger partial charge < -0.3 is 24.8 Å². The van der Waals surface area contributed by atoms with Gasteiger partial charge in [-0.2, -0.15) is 0 Å². The number of hydrogen-bond acceptors (Lipinski definition) is 4. The Morgan fingerprint density at radius 2 is 1.69 bits per heavy atom. The molecule has 0 fully saturated rings. The van der Waals surface area contributed by atoms with Gasteiger partial charge in [-0.1, -0.05) is 12.1 Å². The molecular formula is C19H26IN3O3. The predicted molar refractivity (Wildman–Crippen MR) is 115 cm³/mol. The minimum Gasteiger partial charge on any atom is -0.508 e. The van der Waals surface area contributed by atoms with Crippen molar-refractivity contribution in [3.63, 3.8) is 0 Å². The lowest BCUT2D eigenvalue weighted by Crippen LogP contribution is -2.38. The van der Waals surface area contributed by atoms with E-state index in [9.17, 15) is 5.11 Å². The number of aromatic hydroxyl groups is 1. The molecule has 2 rings (SSSR count). The largest absolute Gasteiger partial charge is 0.508 e. The van der Waals surface area contributed by atoms with E-state index in [0.717, 1.165) is 22.8 Å². The van der Waals surface area contributed by atoms with Gasteiger partial charge in [0.2, 0.25) is 0 Å². The second-order valence-corrected chi connectivity index (χ2v) is 5.60. The molecule has 0 atom stereocenters. The molecule has 2 aromatic rings. The molecule has 0 bridgehead atoms. The first-order chi connectivity index (χ1) is 12.1. The molecule has 0 saturated heterocycles. The number of rotatable bonds is 6. The molecule has 0 aromatic heterocycles. The Balaban J connectivity index is 0.00000338. The van der Waals surface area contributed by atoms with E-state index in [2.05, 4.69) is 10.3 Å². The quantitative estimate of drug-likeness (QED) is 0.385. The standard InChI is InChI=1S/C19H25N3O3.HI/c1-20-19(21-12-15-11-17(25-4)9-10-18(15)23)22(2)13-14-5-7-16(24-3)8-6-14;/h5-11,23H,12-13H2,1-4H3,(H,20,21);1H. The predicted octanol–water partition coefficient (Wildman–Crippen LogP) is 3.23. The minimum absolute atomic E-state index is 0. The smallest absolute Gasteiger partial charge is 0.193 e. The van der Waals surface area contributed by atoms with E-state index in [1.807, 2.05) is 36.2 Å². The summed E-state index contributed by atoms with van der Waals surface area (Å²) in [7, 11) is 6.95. The molecule has 0 aliphatic rings. The Hall–Kier alpha value is -2.16. The molecule has 6 nitrogen and oxygen atoms in total. The van der Waals surface area contributed by atoms with E-state index in [4.69, 9.17) is 9.47 Å². The molecule has 0 aliphatic carbocycles. The van der Waals surface area contributed by atoms with Crippen molar-refractivity contribution in [3.8, 4) is 17.2 Å². The van der Waals surface area contributed by atoms with Crippen LogP contribution in [0.3, 0.4) is 0 Å². The number of methoxy groups -OCH3 is 2. The normalized spacial score (nSPS) is 10.7. The van der Waals surface area contributed by atoms with Crippen molar-refractivity contribution < 1.29 is 14.6 Å². The third-order valence-corrected chi connectivity index (χ3v) is 3.88. The fourth-order valence-corrected chi connectivity index (χ4v) is 2.47. The molecule has 2 N–H and O–H groups in total. The van der Waals surface area contributed by atoms with Gasteiger partial charge in [-0.15, -0.1) is 24.0 Å². The summed E-state index contributed by atoms with van der Waals surface area (Å²) >= 11 is 0. The maximum Gasteiger partial charge on any atom is 0.193 e. The molecule has 0 radical (unpaired) electrons. The Morgan fingerprint density at radius 3 is 2.27 bits per heavy atom. The van der Waals surface area contributed by atoms with Crippen molar-refractivity contribution in [3.05, 3.63) is 53.6 Å². The fraction of sp³-hybridized carbons (Fsp3) is 0.316. The first-order valence-corrected chi connectivity index (χ1v) is 7.98. The Bertz CT molecular complexity index is 720. The molecule has 0 aliphatic heterocycles. The van der Waals surface area contributed by atoms with Crippen LogP contribution < -0.4 is 14.8 Å². The van der Waals surface area contributed by atoms with Gasteiger partial charge in [0.15, 0.2) is 5.96 Å². The number of nitrogens with one attached hydrogen (secondary N) is 1. The summed E-state index contributed by atoms with van der Waals surface area (Å²) in [6, 6.07) is 13.1. The van der Waals surface area contributed by atoms with Crippen LogP contribution in [-0.4, -0.2) is 44.3 Å². The molecule has 0 heterocycles. The Kier molecular flexibility index (Phi) is 9.04. The lowest BCUT2D eigenvalue weighted by Gasteiger charge is -2.22. The molecule has 0 spiro atoms. The van der Waals surface area contributed by atoms with Crippen molar-refractivity contribution in [2.45, 2.75) is 13.1 Å². The molecule has 142 valence electrons. The number of halogens is 1. The van der Waals surface area contributed by atoms with Crippen LogP contribution >= 0.6 is 24.0 Å². The number of nitrogens with zero attached hydrogens (tertiary/aromatic N) is 2. The second kappa shape index (κ2) is 10.7. The van der Waals surface area contributed by atoms with Gasteiger partial charge in [0.25, 0.3) is 0 Å². The summed E-state index contributed by atoms with van der Waals surface area (Å²) in [4.78, 5) is 6.31. The maximum absolute atomic E-state index is 9.98. The first kappa shape index (κ1) is 21.9. The van der Waals surface area contributed by atoms with Gasteiger partial charge in [-0.25, -0.2) is 0 Å². The number of guanidine groups is 1. The summed E-state index contributed by atoms with van der Waals surface area (Å²) in [5.74, 6) is 2.50. The SMILES string of the molecule is CN=C(NCc1cc(OC)ccc1O)N(C)Cc1ccc(OC)cc1.I. The van der Waals surface area contributed by atoms with Gasteiger partial charge in [0.05, 0.1) is 14.2 Å². The molecule has 2 aromatic carbocycles. The lowest BCUT2D eigenvalue weighted by molar-refractivity contribution is 0.410. The van der Waals surface area contributed by atoms with Crippen LogP contribution in [0.5, 0.6) is 17.2 Å². The van der Waals surface area contributed by atoms with E-state index in [1.54, 1.807) is 39.5 Å². The zero-order chi connectivity index (χ0) is 18.2. The highest BCUT2D eigenvalue weighted by atomic mass is 127. The average molecular weight is 471 g/mol. The number of benzene rings is 2. The van der Waals surface area contributed by atoms with Gasteiger partial charge in [-0.3, -0.25) is 4.99 Å². The van der Waals surface area contributed by atoms with E-state index in [-0.39, 0.29) is 29.7 Å². The molecule has 26 heavy (non-hydrogen) atoms. The number of hydrogen-bond donors (Lipinski definition) is 2. The Morgan fingerprint density at radius 1 is 1.08 bits per heavy atom. The van der Waals surface area contributed by atoms with Gasteiger partial charge in [0, 0.05) is 32.7 Å². The molecule has 0 saturated carbocycles. The maximum atomic E-state index is 9.98. The molecule has 0 unspecified atom stereocenters. The van der Waals surface area contributed by atoms with Gasteiger partial charge in [-0.05, 0) is 35.9 Å². The van der Waals surface area contributed by atoms with Crippen molar-refractivity contribution in [1.82, 2.24) is 10.2 Å². The summed E-state index contributed by atoms with van der Waals surface area (Å²) in [5.41, 5.74) is 1.90. The topological polar surface area (TPSA) is 66.3 Å².